The summed E-state index contributed by atoms with van der Waals surface area (Å²) in [4.78, 5) is 38.6. The molecule has 2 aromatic rings. The average Bonchev–Trinajstić information content (AvgIpc) is 3.23. The van der Waals surface area contributed by atoms with Crippen LogP contribution in [-0.2, 0) is 4.79 Å². The quantitative estimate of drug-likeness (QED) is 0.855. The summed E-state index contributed by atoms with van der Waals surface area (Å²) in [5.74, 6) is -0.600. The van der Waals surface area contributed by atoms with Crippen molar-refractivity contribution >= 4 is 23.4 Å². The largest absolute Gasteiger partial charge is 0.341 e. The normalized spacial score (nSPS) is 14.5. The number of carbonyl (C=O) groups is 3. The minimum absolute atomic E-state index is 0.0221. The van der Waals surface area contributed by atoms with E-state index in [4.69, 9.17) is 0 Å². The lowest BCUT2D eigenvalue weighted by molar-refractivity contribution is -0.117. The summed E-state index contributed by atoms with van der Waals surface area (Å²) < 4.78 is 0. The van der Waals surface area contributed by atoms with Crippen molar-refractivity contribution in [2.45, 2.75) is 25.8 Å². The molecule has 6 nitrogen and oxygen atoms in total. The Balaban J connectivity index is 1.55. The summed E-state index contributed by atoms with van der Waals surface area (Å²) in [6.45, 7) is 3.23. The fourth-order valence-electron chi connectivity index (χ4n) is 2.98. The minimum atomic E-state index is -0.691. The van der Waals surface area contributed by atoms with E-state index in [1.54, 1.807) is 55.5 Å². The highest BCUT2D eigenvalue weighted by atomic mass is 16.2. The molecule has 0 aliphatic carbocycles. The third-order valence-electron chi connectivity index (χ3n) is 4.57. The number of hydrogen-bond acceptors (Lipinski definition) is 3. The molecule has 1 aliphatic rings. The molecule has 0 saturated carbocycles. The van der Waals surface area contributed by atoms with Crippen LogP contribution in [0.4, 0.5) is 5.69 Å². The number of anilines is 1. The number of hydrogen-bond donors (Lipinski definition) is 2. The third-order valence-corrected chi connectivity index (χ3v) is 4.57. The molecule has 3 rings (SSSR count). The zero-order chi connectivity index (χ0) is 19.2. The van der Waals surface area contributed by atoms with E-state index in [2.05, 4.69) is 10.6 Å². The lowest BCUT2D eigenvalue weighted by atomic mass is 10.1. The Morgan fingerprint density at radius 3 is 2.15 bits per heavy atom. The number of likely N-dealkylation sites (tertiary alicyclic amines) is 1. The number of rotatable bonds is 5. The molecule has 27 heavy (non-hydrogen) atoms. The molecule has 3 amide bonds. The van der Waals surface area contributed by atoms with E-state index in [1.165, 1.54) is 0 Å². The van der Waals surface area contributed by atoms with Crippen LogP contribution >= 0.6 is 0 Å². The Bertz CT molecular complexity index is 812. The van der Waals surface area contributed by atoms with Gasteiger partial charge in [0.25, 0.3) is 11.8 Å². The predicted octanol–water partition coefficient (Wildman–Crippen LogP) is 2.68. The van der Waals surface area contributed by atoms with Crippen LogP contribution in [0, 0.1) is 0 Å². The van der Waals surface area contributed by atoms with Gasteiger partial charge in [-0.1, -0.05) is 18.2 Å². The zero-order valence-corrected chi connectivity index (χ0v) is 15.3. The zero-order valence-electron chi connectivity index (χ0n) is 15.3. The number of carbonyl (C=O) groups excluding carboxylic acids is 3. The molecule has 140 valence electrons. The molecule has 2 N–H and O–H groups in total. The van der Waals surface area contributed by atoms with Gasteiger partial charge in [0.2, 0.25) is 5.91 Å². The lowest BCUT2D eigenvalue weighted by Crippen LogP contribution is -2.41. The van der Waals surface area contributed by atoms with E-state index in [0.29, 0.717) is 16.8 Å². The van der Waals surface area contributed by atoms with Crippen LogP contribution in [0.1, 0.15) is 40.5 Å². The van der Waals surface area contributed by atoms with Gasteiger partial charge >= 0.3 is 0 Å². The van der Waals surface area contributed by atoms with Crippen molar-refractivity contribution in [2.24, 2.45) is 0 Å². The monoisotopic (exact) mass is 365 g/mol. The van der Waals surface area contributed by atoms with Crippen molar-refractivity contribution in [3.8, 4) is 0 Å². The van der Waals surface area contributed by atoms with E-state index in [9.17, 15) is 14.4 Å². The van der Waals surface area contributed by atoms with Crippen molar-refractivity contribution in [1.29, 1.82) is 0 Å². The van der Waals surface area contributed by atoms with E-state index in [0.717, 1.165) is 25.9 Å². The van der Waals surface area contributed by atoms with E-state index >= 15 is 0 Å². The van der Waals surface area contributed by atoms with Crippen LogP contribution in [0.5, 0.6) is 0 Å². The molecular weight excluding hydrogens is 342 g/mol. The van der Waals surface area contributed by atoms with Gasteiger partial charge in [-0.2, -0.15) is 0 Å². The fourth-order valence-corrected chi connectivity index (χ4v) is 2.98. The smallest absolute Gasteiger partial charge is 0.253 e. The second kappa shape index (κ2) is 8.49. The Hall–Kier alpha value is -3.15. The summed E-state index contributed by atoms with van der Waals surface area (Å²) in [6, 6.07) is 14.9. The first kappa shape index (κ1) is 18.6. The van der Waals surface area contributed by atoms with Gasteiger partial charge in [-0.25, -0.2) is 0 Å². The summed E-state index contributed by atoms with van der Waals surface area (Å²) in [5.41, 5.74) is 1.70. The highest BCUT2D eigenvalue weighted by molar-refractivity contribution is 6.01. The first-order chi connectivity index (χ1) is 13.0. The second-order valence-corrected chi connectivity index (χ2v) is 6.63. The van der Waals surface area contributed by atoms with E-state index in [-0.39, 0.29) is 17.7 Å². The van der Waals surface area contributed by atoms with E-state index < -0.39 is 6.04 Å². The number of benzene rings is 2. The first-order valence-corrected chi connectivity index (χ1v) is 9.11. The molecule has 0 spiro atoms. The number of nitrogens with zero attached hydrogens (tertiary/aromatic N) is 1. The van der Waals surface area contributed by atoms with Crippen LogP contribution in [0.15, 0.2) is 54.6 Å². The summed E-state index contributed by atoms with van der Waals surface area (Å²) in [7, 11) is 0. The Morgan fingerprint density at radius 2 is 1.52 bits per heavy atom. The standard InChI is InChI=1S/C21H23N3O3/c1-15(22-20(26)16-7-3-2-4-8-16)19(25)23-18-11-9-17(10-12-18)21(27)24-13-5-6-14-24/h2-4,7-12,15H,5-6,13-14H2,1H3,(H,22,26)(H,23,25). The Kier molecular flexibility index (Phi) is 5.86. The maximum Gasteiger partial charge on any atom is 0.253 e. The van der Waals surface area contributed by atoms with Gasteiger partial charge in [-0.15, -0.1) is 0 Å². The molecule has 1 heterocycles. The van der Waals surface area contributed by atoms with E-state index in [1.807, 2.05) is 11.0 Å². The highest BCUT2D eigenvalue weighted by Crippen LogP contribution is 2.15. The molecular formula is C21H23N3O3. The number of nitrogens with one attached hydrogen (secondary N) is 2. The second-order valence-electron chi connectivity index (χ2n) is 6.63. The maximum absolute atomic E-state index is 12.3. The summed E-state index contributed by atoms with van der Waals surface area (Å²) >= 11 is 0. The van der Waals surface area contributed by atoms with Gasteiger partial charge in [-0.05, 0) is 56.2 Å². The Morgan fingerprint density at radius 1 is 0.889 bits per heavy atom. The molecule has 1 aliphatic heterocycles. The highest BCUT2D eigenvalue weighted by Gasteiger charge is 2.20. The van der Waals surface area contributed by atoms with Gasteiger partial charge in [0.15, 0.2) is 0 Å². The average molecular weight is 365 g/mol. The Labute approximate surface area is 158 Å². The van der Waals surface area contributed by atoms with Crippen molar-refractivity contribution in [3.63, 3.8) is 0 Å². The van der Waals surface area contributed by atoms with Gasteiger partial charge in [0.1, 0.15) is 6.04 Å². The third kappa shape index (κ3) is 4.73. The SMILES string of the molecule is CC(NC(=O)c1ccccc1)C(=O)Nc1ccc(C(=O)N2CCCC2)cc1. The van der Waals surface area contributed by atoms with Crippen LogP contribution in [0.3, 0.4) is 0 Å². The topological polar surface area (TPSA) is 78.5 Å². The van der Waals surface area contributed by atoms with Crippen LogP contribution < -0.4 is 10.6 Å². The fraction of sp³-hybridized carbons (Fsp3) is 0.286. The molecule has 1 atom stereocenters. The van der Waals surface area contributed by atoms with Crippen LogP contribution in [-0.4, -0.2) is 41.8 Å². The maximum atomic E-state index is 12.3. The minimum Gasteiger partial charge on any atom is -0.341 e. The van der Waals surface area contributed by atoms with Gasteiger partial charge < -0.3 is 15.5 Å². The molecule has 1 unspecified atom stereocenters. The van der Waals surface area contributed by atoms with Crippen molar-refractivity contribution in [2.75, 3.05) is 18.4 Å². The molecule has 0 radical (unpaired) electrons. The predicted molar refractivity (Wildman–Crippen MR) is 104 cm³/mol. The lowest BCUT2D eigenvalue weighted by Gasteiger charge is -2.16. The molecule has 2 aromatic carbocycles. The molecule has 1 fully saturated rings. The number of amides is 3. The van der Waals surface area contributed by atoms with Gasteiger partial charge in [-0.3, -0.25) is 14.4 Å². The van der Waals surface area contributed by atoms with Crippen molar-refractivity contribution in [1.82, 2.24) is 10.2 Å². The summed E-state index contributed by atoms with van der Waals surface area (Å²) in [5, 5.41) is 5.43. The molecule has 6 heteroatoms. The van der Waals surface area contributed by atoms with Crippen molar-refractivity contribution < 1.29 is 14.4 Å². The van der Waals surface area contributed by atoms with Gasteiger partial charge in [0, 0.05) is 29.9 Å². The van der Waals surface area contributed by atoms with Gasteiger partial charge in [0.05, 0.1) is 0 Å². The van der Waals surface area contributed by atoms with Crippen molar-refractivity contribution in [3.05, 3.63) is 65.7 Å². The molecule has 0 bridgehead atoms. The summed E-state index contributed by atoms with van der Waals surface area (Å²) in [6.07, 6.45) is 2.10. The van der Waals surface area contributed by atoms with Crippen LogP contribution in [0.2, 0.25) is 0 Å². The van der Waals surface area contributed by atoms with Crippen LogP contribution in [0.25, 0.3) is 0 Å². The molecule has 0 aromatic heterocycles. The first-order valence-electron chi connectivity index (χ1n) is 9.11. The molecule has 1 saturated heterocycles.